The molecule has 42 heavy (non-hydrogen) atoms. The smallest absolute Gasteiger partial charge is 0.325 e. The van der Waals surface area contributed by atoms with Gasteiger partial charge < -0.3 is 46.7 Å². The van der Waals surface area contributed by atoms with Gasteiger partial charge in [0.1, 0.15) is 17.9 Å². The number of phenols is 1. The Balaban J connectivity index is 1.56. The van der Waals surface area contributed by atoms with Crippen molar-refractivity contribution in [2.75, 3.05) is 38.6 Å². The van der Waals surface area contributed by atoms with Crippen molar-refractivity contribution in [3.8, 4) is 5.75 Å². The van der Waals surface area contributed by atoms with Gasteiger partial charge in [0.05, 0.1) is 19.6 Å². The lowest BCUT2D eigenvalue weighted by Gasteiger charge is -2.29. The number of H-pyrrole nitrogens is 1. The Morgan fingerprint density at radius 3 is 2.50 bits per heavy atom. The highest BCUT2D eigenvalue weighted by Crippen LogP contribution is 2.23. The van der Waals surface area contributed by atoms with Crippen LogP contribution in [0, 0.1) is 5.41 Å². The highest BCUT2D eigenvalue weighted by molar-refractivity contribution is 8.13. The van der Waals surface area contributed by atoms with Crippen LogP contribution >= 0.6 is 11.8 Å². The number of aromatic nitrogens is 1. The van der Waals surface area contributed by atoms with Gasteiger partial charge >= 0.3 is 5.97 Å². The number of aromatic amines is 1. The van der Waals surface area contributed by atoms with Crippen LogP contribution in [0.5, 0.6) is 5.75 Å². The summed E-state index contributed by atoms with van der Waals surface area (Å²) in [5.74, 6) is -2.00. The Bertz CT molecular complexity index is 1250. The van der Waals surface area contributed by atoms with Crippen LogP contribution in [0.3, 0.4) is 0 Å². The van der Waals surface area contributed by atoms with Crippen LogP contribution in [0.4, 0.5) is 0 Å². The molecular formula is C27H39N5O9S. The van der Waals surface area contributed by atoms with E-state index < -0.39 is 42.0 Å². The first-order valence-electron chi connectivity index (χ1n) is 13.3. The summed E-state index contributed by atoms with van der Waals surface area (Å²) in [6.45, 7) is 2.54. The Hall–Kier alpha value is -3.66. The van der Waals surface area contributed by atoms with E-state index in [0.29, 0.717) is 13.0 Å². The van der Waals surface area contributed by atoms with E-state index in [1.807, 2.05) is 6.20 Å². The van der Waals surface area contributed by atoms with Crippen molar-refractivity contribution in [2.45, 2.75) is 45.3 Å². The zero-order chi connectivity index (χ0) is 31.3. The molecule has 0 bridgehead atoms. The predicted molar refractivity (Wildman–Crippen MR) is 155 cm³/mol. The lowest BCUT2D eigenvalue weighted by Crippen LogP contribution is -2.47. The van der Waals surface area contributed by atoms with Crippen LogP contribution in [-0.2, 0) is 35.1 Å². The van der Waals surface area contributed by atoms with Gasteiger partial charge in [0.2, 0.25) is 17.7 Å². The van der Waals surface area contributed by atoms with Crippen LogP contribution in [-0.4, -0.2) is 99.9 Å². The topological polar surface area (TPSA) is 233 Å². The molecule has 0 fully saturated rings. The number of fused-ring (bicyclic) bond motifs is 1. The van der Waals surface area contributed by atoms with Gasteiger partial charge in [-0.15, -0.1) is 0 Å². The third kappa shape index (κ3) is 11.3. The first kappa shape index (κ1) is 34.5. The van der Waals surface area contributed by atoms with E-state index in [0.717, 1.165) is 28.2 Å². The van der Waals surface area contributed by atoms with E-state index in [1.165, 1.54) is 13.8 Å². The van der Waals surface area contributed by atoms with Crippen LogP contribution < -0.4 is 21.7 Å². The minimum absolute atomic E-state index is 0.0566. The summed E-state index contributed by atoms with van der Waals surface area (Å²) in [5.41, 5.74) is 6.01. The molecule has 1 heterocycles. The van der Waals surface area contributed by atoms with E-state index in [9.17, 15) is 34.2 Å². The molecule has 232 valence electrons. The lowest BCUT2D eigenvalue weighted by atomic mass is 9.87. The van der Waals surface area contributed by atoms with E-state index >= 15 is 0 Å². The molecule has 2 aromatic rings. The second-order valence-corrected chi connectivity index (χ2v) is 11.4. The molecule has 0 unspecified atom stereocenters. The quantitative estimate of drug-likeness (QED) is 0.0619. The first-order valence-corrected chi connectivity index (χ1v) is 14.3. The Morgan fingerprint density at radius 1 is 1.07 bits per heavy atom. The minimum atomic E-state index is -1.54. The van der Waals surface area contributed by atoms with Crippen LogP contribution in [0.2, 0.25) is 0 Å². The number of carbonyl (C=O) groups is 5. The SMILES string of the molecule is CC(C)(COC(=O)[C@@H](N)CO)[C@@H](O)C(=O)NCCC(=O)NCCSC(=O)CC(=O)NCCc1c[nH]c2ccc(O)cc12. The largest absolute Gasteiger partial charge is 0.508 e. The van der Waals surface area contributed by atoms with Crippen molar-refractivity contribution in [1.29, 1.82) is 0 Å². The molecule has 0 spiro atoms. The summed E-state index contributed by atoms with van der Waals surface area (Å²) in [7, 11) is 0. The van der Waals surface area contributed by atoms with Crippen LogP contribution in [0.15, 0.2) is 24.4 Å². The fraction of sp³-hybridized carbons (Fsp3) is 0.519. The van der Waals surface area contributed by atoms with Gasteiger partial charge in [0.15, 0.2) is 5.12 Å². The van der Waals surface area contributed by atoms with Crippen LogP contribution in [0.25, 0.3) is 10.9 Å². The van der Waals surface area contributed by atoms with E-state index in [4.69, 9.17) is 15.6 Å². The van der Waals surface area contributed by atoms with E-state index in [-0.39, 0.29) is 55.1 Å². The highest BCUT2D eigenvalue weighted by atomic mass is 32.2. The summed E-state index contributed by atoms with van der Waals surface area (Å²) in [5, 5.41) is 37.1. The van der Waals surface area contributed by atoms with Crippen molar-refractivity contribution in [1.82, 2.24) is 20.9 Å². The molecule has 0 radical (unpaired) electrons. The molecule has 3 amide bonds. The number of nitrogens with two attached hydrogens (primary N) is 1. The molecule has 2 atom stereocenters. The summed E-state index contributed by atoms with van der Waals surface area (Å²) >= 11 is 0.919. The van der Waals surface area contributed by atoms with Gasteiger partial charge in [-0.2, -0.15) is 0 Å². The zero-order valence-corrected chi connectivity index (χ0v) is 24.4. The molecule has 9 N–H and O–H groups in total. The molecular weight excluding hydrogens is 570 g/mol. The molecule has 2 rings (SSSR count). The first-order chi connectivity index (χ1) is 19.8. The Morgan fingerprint density at radius 2 is 1.79 bits per heavy atom. The number of carbonyl (C=O) groups excluding carboxylic acids is 5. The molecule has 0 aliphatic carbocycles. The molecule has 0 aliphatic rings. The van der Waals surface area contributed by atoms with E-state index in [1.54, 1.807) is 18.2 Å². The second-order valence-electron chi connectivity index (χ2n) is 10.2. The Kier molecular flexibility index (Phi) is 13.7. The highest BCUT2D eigenvalue weighted by Gasteiger charge is 2.35. The number of benzene rings is 1. The van der Waals surface area contributed by atoms with Gasteiger partial charge in [-0.25, -0.2) is 0 Å². The normalized spacial score (nSPS) is 12.8. The fourth-order valence-corrected chi connectivity index (χ4v) is 4.33. The summed E-state index contributed by atoms with van der Waals surface area (Å²) < 4.78 is 4.93. The number of thioether (sulfide) groups is 1. The number of aliphatic hydroxyl groups excluding tert-OH is 2. The molecule has 1 aromatic heterocycles. The summed E-state index contributed by atoms with van der Waals surface area (Å²) in [6.07, 6.45) is 0.419. The van der Waals surface area contributed by atoms with Gasteiger partial charge in [0.25, 0.3) is 0 Å². The maximum absolute atomic E-state index is 12.2. The van der Waals surface area contributed by atoms with E-state index in [2.05, 4.69) is 20.9 Å². The average Bonchev–Trinajstić information content (AvgIpc) is 3.34. The van der Waals surface area contributed by atoms with Gasteiger partial charge in [0, 0.05) is 54.3 Å². The van der Waals surface area contributed by atoms with Crippen LogP contribution in [0.1, 0.15) is 32.3 Å². The number of rotatable bonds is 17. The molecule has 14 nitrogen and oxygen atoms in total. The third-order valence-corrected chi connectivity index (χ3v) is 7.06. The monoisotopic (exact) mass is 609 g/mol. The van der Waals surface area contributed by atoms with Crippen molar-refractivity contribution in [3.63, 3.8) is 0 Å². The second kappa shape index (κ2) is 16.7. The zero-order valence-electron chi connectivity index (χ0n) is 23.6. The number of amides is 3. The number of aromatic hydroxyl groups is 1. The number of aliphatic hydroxyl groups is 2. The van der Waals surface area contributed by atoms with Crippen molar-refractivity contribution < 1.29 is 44.0 Å². The molecule has 0 saturated carbocycles. The van der Waals surface area contributed by atoms with Crippen molar-refractivity contribution in [3.05, 3.63) is 30.0 Å². The minimum Gasteiger partial charge on any atom is -0.508 e. The third-order valence-electron chi connectivity index (χ3n) is 6.19. The number of esters is 1. The molecule has 15 heteroatoms. The van der Waals surface area contributed by atoms with Gasteiger partial charge in [-0.1, -0.05) is 25.6 Å². The summed E-state index contributed by atoms with van der Waals surface area (Å²) in [4.78, 5) is 63.1. The summed E-state index contributed by atoms with van der Waals surface area (Å²) in [6, 6.07) is 3.78. The predicted octanol–water partition coefficient (Wildman–Crippen LogP) is -0.945. The fourth-order valence-electron chi connectivity index (χ4n) is 3.67. The maximum Gasteiger partial charge on any atom is 0.325 e. The van der Waals surface area contributed by atoms with Crippen molar-refractivity contribution >= 4 is 51.5 Å². The number of ether oxygens (including phenoxy) is 1. The molecule has 1 aromatic carbocycles. The van der Waals surface area contributed by atoms with Gasteiger partial charge in [-0.05, 0) is 30.2 Å². The van der Waals surface area contributed by atoms with Crippen molar-refractivity contribution in [2.24, 2.45) is 11.1 Å². The number of phenolic OH excluding ortho intramolecular Hbond substituents is 1. The average molecular weight is 610 g/mol. The Labute approximate surface area is 247 Å². The standard InChI is InChI=1S/C27H39N5O9S/c1-27(2,15-41-26(40)19(28)14-33)24(38)25(39)31-8-6-21(35)30-9-10-42-23(37)12-22(36)29-7-5-16-13-32-20-4-3-17(34)11-18(16)20/h3-4,11,13,19,24,32-34,38H,5-10,12,14-15,28H2,1-2H3,(H,29,36)(H,30,35)(H,31,39)/t19-,24-/m0/s1. The lowest BCUT2D eigenvalue weighted by molar-refractivity contribution is -0.155. The number of hydrogen-bond acceptors (Lipinski definition) is 11. The molecule has 0 aliphatic heterocycles. The number of hydrogen-bond donors (Lipinski definition) is 8. The number of nitrogens with one attached hydrogen (secondary N) is 4. The molecule has 0 saturated heterocycles. The van der Waals surface area contributed by atoms with Gasteiger partial charge in [-0.3, -0.25) is 24.0 Å². The maximum atomic E-state index is 12.2.